The molecule has 2 aromatic heterocycles. The van der Waals surface area contributed by atoms with Crippen molar-refractivity contribution in [3.8, 4) is 6.07 Å². The molecule has 0 atom stereocenters. The van der Waals surface area contributed by atoms with E-state index in [-0.39, 0.29) is 0 Å². The molecular formula is C10H8ClN5S2. The lowest BCUT2D eigenvalue weighted by molar-refractivity contribution is 0.970. The van der Waals surface area contributed by atoms with Gasteiger partial charge in [-0.15, -0.1) is 10.2 Å². The zero-order valence-electron chi connectivity index (χ0n) is 9.59. The number of nitriles is 1. The van der Waals surface area contributed by atoms with Gasteiger partial charge in [-0.25, -0.2) is 4.98 Å². The summed E-state index contributed by atoms with van der Waals surface area (Å²) in [7, 11) is 3.80. The normalized spacial score (nSPS) is 10.1. The van der Waals surface area contributed by atoms with Gasteiger partial charge in [-0.1, -0.05) is 22.9 Å². The van der Waals surface area contributed by atoms with Crippen molar-refractivity contribution in [1.29, 1.82) is 5.26 Å². The number of aromatic nitrogens is 3. The van der Waals surface area contributed by atoms with Gasteiger partial charge in [0.2, 0.25) is 5.13 Å². The fourth-order valence-electron chi connectivity index (χ4n) is 1.09. The first-order valence-electron chi connectivity index (χ1n) is 4.85. The Balaban J connectivity index is 2.26. The van der Waals surface area contributed by atoms with E-state index in [1.807, 2.05) is 25.1 Å². The second-order valence-corrected chi connectivity index (χ2v) is 6.01. The molecule has 0 aromatic carbocycles. The van der Waals surface area contributed by atoms with E-state index in [9.17, 15) is 0 Å². The van der Waals surface area contributed by atoms with Crippen LogP contribution >= 0.6 is 34.7 Å². The molecule has 0 aliphatic rings. The molecule has 0 aliphatic heterocycles. The molecule has 0 amide bonds. The smallest absolute Gasteiger partial charge is 0.208 e. The maximum atomic E-state index is 8.88. The monoisotopic (exact) mass is 297 g/mol. The highest BCUT2D eigenvalue weighted by molar-refractivity contribution is 8.01. The minimum Gasteiger partial charge on any atom is -0.353 e. The summed E-state index contributed by atoms with van der Waals surface area (Å²) in [6.07, 6.45) is 1.56. The maximum Gasteiger partial charge on any atom is 0.208 e. The second kappa shape index (κ2) is 5.52. The lowest BCUT2D eigenvalue weighted by Gasteiger charge is -2.04. The molecule has 0 unspecified atom stereocenters. The molecule has 5 nitrogen and oxygen atoms in total. The largest absolute Gasteiger partial charge is 0.353 e. The average molecular weight is 298 g/mol. The number of halogens is 1. The first-order valence-corrected chi connectivity index (χ1v) is 6.86. The summed E-state index contributed by atoms with van der Waals surface area (Å²) in [6.45, 7) is 0. The average Bonchev–Trinajstić information content (AvgIpc) is 2.80. The molecule has 0 fully saturated rings. The van der Waals surface area contributed by atoms with Gasteiger partial charge in [-0.2, -0.15) is 5.26 Å². The van der Waals surface area contributed by atoms with Crippen LogP contribution in [0.5, 0.6) is 0 Å². The van der Waals surface area contributed by atoms with Crippen molar-refractivity contribution in [3.63, 3.8) is 0 Å². The summed E-state index contributed by atoms with van der Waals surface area (Å²) in [5.74, 6) is 0. The summed E-state index contributed by atoms with van der Waals surface area (Å²) in [6, 6.07) is 3.60. The third-order valence-corrected chi connectivity index (χ3v) is 4.58. The van der Waals surface area contributed by atoms with E-state index in [0.29, 0.717) is 15.6 Å². The zero-order chi connectivity index (χ0) is 13.1. The number of nitrogens with zero attached hydrogens (tertiary/aromatic N) is 5. The van der Waals surface area contributed by atoms with Gasteiger partial charge in [0.05, 0.1) is 10.6 Å². The predicted molar refractivity (Wildman–Crippen MR) is 72.3 cm³/mol. The van der Waals surface area contributed by atoms with E-state index in [2.05, 4.69) is 15.2 Å². The minimum atomic E-state index is 0.353. The summed E-state index contributed by atoms with van der Waals surface area (Å²) in [4.78, 5) is 6.02. The van der Waals surface area contributed by atoms with E-state index >= 15 is 0 Å². The Kier molecular flexibility index (Phi) is 4.01. The van der Waals surface area contributed by atoms with Crippen LogP contribution in [0.1, 0.15) is 5.56 Å². The van der Waals surface area contributed by atoms with Gasteiger partial charge in [0.1, 0.15) is 11.1 Å². The maximum absolute atomic E-state index is 8.88. The van der Waals surface area contributed by atoms with Crippen LogP contribution in [0, 0.1) is 11.3 Å². The number of hydrogen-bond acceptors (Lipinski definition) is 7. The Morgan fingerprint density at radius 2 is 2.22 bits per heavy atom. The lowest BCUT2D eigenvalue weighted by atomic mass is 10.3. The molecule has 92 valence electrons. The van der Waals surface area contributed by atoms with Gasteiger partial charge >= 0.3 is 0 Å². The molecule has 0 N–H and O–H groups in total. The Morgan fingerprint density at radius 3 is 2.83 bits per heavy atom. The van der Waals surface area contributed by atoms with Crippen molar-refractivity contribution in [1.82, 2.24) is 15.2 Å². The Bertz CT molecular complexity index is 605. The quantitative estimate of drug-likeness (QED) is 0.868. The highest BCUT2D eigenvalue weighted by Gasteiger charge is 2.12. The van der Waals surface area contributed by atoms with Gasteiger partial charge in [-0.05, 0) is 17.8 Å². The van der Waals surface area contributed by atoms with Crippen LogP contribution in [0.4, 0.5) is 5.13 Å². The Morgan fingerprint density at radius 1 is 1.44 bits per heavy atom. The molecule has 18 heavy (non-hydrogen) atoms. The van der Waals surface area contributed by atoms with Gasteiger partial charge in [0.15, 0.2) is 4.34 Å². The highest BCUT2D eigenvalue weighted by atomic mass is 35.5. The highest BCUT2D eigenvalue weighted by Crippen LogP contribution is 2.36. The van der Waals surface area contributed by atoms with Crippen molar-refractivity contribution < 1.29 is 0 Å². The van der Waals surface area contributed by atoms with Gasteiger partial charge in [0, 0.05) is 20.3 Å². The molecule has 0 radical (unpaired) electrons. The predicted octanol–water partition coefficient (Wildman–Crippen LogP) is 2.68. The van der Waals surface area contributed by atoms with Crippen LogP contribution in [0.3, 0.4) is 0 Å². The molecule has 0 aliphatic carbocycles. The summed E-state index contributed by atoms with van der Waals surface area (Å²) < 4.78 is 0.739. The SMILES string of the molecule is CN(C)c1nnc(Sc2nccc(C#N)c2Cl)s1. The van der Waals surface area contributed by atoms with E-state index in [1.54, 1.807) is 12.3 Å². The van der Waals surface area contributed by atoms with Gasteiger partial charge in [0.25, 0.3) is 0 Å². The molecule has 2 aromatic rings. The van der Waals surface area contributed by atoms with Crippen molar-refractivity contribution in [2.45, 2.75) is 9.37 Å². The summed E-state index contributed by atoms with van der Waals surface area (Å²) in [5, 5.41) is 18.7. The van der Waals surface area contributed by atoms with E-state index in [0.717, 1.165) is 9.47 Å². The second-order valence-electron chi connectivity index (χ2n) is 3.44. The van der Waals surface area contributed by atoms with Crippen LogP contribution in [0.15, 0.2) is 21.6 Å². The lowest BCUT2D eigenvalue weighted by Crippen LogP contribution is -2.07. The molecule has 0 saturated carbocycles. The fourth-order valence-corrected chi connectivity index (χ4v) is 3.05. The number of anilines is 1. The van der Waals surface area contributed by atoms with Gasteiger partial charge < -0.3 is 4.90 Å². The van der Waals surface area contributed by atoms with E-state index < -0.39 is 0 Å². The summed E-state index contributed by atoms with van der Waals surface area (Å²) >= 11 is 8.82. The van der Waals surface area contributed by atoms with Crippen LogP contribution in [-0.2, 0) is 0 Å². The number of hydrogen-bond donors (Lipinski definition) is 0. The van der Waals surface area contributed by atoms with E-state index in [4.69, 9.17) is 16.9 Å². The first-order chi connectivity index (χ1) is 8.61. The number of rotatable bonds is 3. The van der Waals surface area contributed by atoms with Crippen molar-refractivity contribution in [2.75, 3.05) is 19.0 Å². The molecule has 2 rings (SSSR count). The van der Waals surface area contributed by atoms with Crippen molar-refractivity contribution in [3.05, 3.63) is 22.8 Å². The molecular weight excluding hydrogens is 290 g/mol. The van der Waals surface area contributed by atoms with Crippen LogP contribution < -0.4 is 4.90 Å². The topological polar surface area (TPSA) is 65.7 Å². The third-order valence-electron chi connectivity index (χ3n) is 1.94. The molecule has 0 spiro atoms. The van der Waals surface area contributed by atoms with Crippen LogP contribution in [0.25, 0.3) is 0 Å². The van der Waals surface area contributed by atoms with Crippen molar-refractivity contribution in [2.24, 2.45) is 0 Å². The summed E-state index contributed by atoms with van der Waals surface area (Å²) in [5.41, 5.74) is 0.409. The zero-order valence-corrected chi connectivity index (χ0v) is 12.0. The number of pyridine rings is 1. The van der Waals surface area contributed by atoms with Gasteiger partial charge in [-0.3, -0.25) is 0 Å². The molecule has 8 heteroatoms. The van der Waals surface area contributed by atoms with Crippen LogP contribution in [-0.4, -0.2) is 29.3 Å². The standard InChI is InChI=1S/C10H8ClN5S2/c1-16(2)9-14-15-10(18-9)17-8-7(11)6(5-12)3-4-13-8/h3-4H,1-2H3. The third kappa shape index (κ3) is 2.72. The molecule has 2 heterocycles. The molecule has 0 saturated heterocycles. The Hall–Kier alpha value is -1.36. The Labute approximate surface area is 117 Å². The minimum absolute atomic E-state index is 0.353. The molecule has 0 bridgehead atoms. The van der Waals surface area contributed by atoms with E-state index in [1.165, 1.54) is 23.1 Å². The van der Waals surface area contributed by atoms with Crippen molar-refractivity contribution >= 4 is 39.8 Å². The van der Waals surface area contributed by atoms with Crippen LogP contribution in [0.2, 0.25) is 5.02 Å². The first kappa shape index (κ1) is 13.1. The fraction of sp³-hybridized carbons (Fsp3) is 0.200.